The largest absolute Gasteiger partial charge is 0.480 e. The molecule has 0 unspecified atom stereocenters. The van der Waals surface area contributed by atoms with Gasteiger partial charge in [-0.3, -0.25) is 9.59 Å². The van der Waals surface area contributed by atoms with Crippen molar-refractivity contribution in [2.75, 3.05) is 5.01 Å². The minimum Gasteiger partial charge on any atom is -0.480 e. The maximum atomic E-state index is 12.4. The molecule has 1 aromatic carbocycles. The number of hydrogen-bond acceptors (Lipinski definition) is 4. The molecule has 2 N–H and O–H groups in total. The average molecular weight is 315 g/mol. The van der Waals surface area contributed by atoms with Crippen LogP contribution in [0, 0.1) is 0 Å². The van der Waals surface area contributed by atoms with Gasteiger partial charge in [0.15, 0.2) is 0 Å². The van der Waals surface area contributed by atoms with E-state index < -0.39 is 17.4 Å². The highest BCUT2D eigenvalue weighted by Gasteiger charge is 2.46. The van der Waals surface area contributed by atoms with Crippen molar-refractivity contribution < 1.29 is 19.5 Å². The molecule has 3 rings (SSSR count). The van der Waals surface area contributed by atoms with Crippen molar-refractivity contribution in [3.63, 3.8) is 0 Å². The molecule has 120 valence electrons. The zero-order valence-corrected chi connectivity index (χ0v) is 12.5. The number of carbonyl (C=O) groups excluding carboxylic acids is 2. The van der Waals surface area contributed by atoms with E-state index >= 15 is 0 Å². The Balaban J connectivity index is 1.80. The SMILES string of the molecule is O=C(NC1(C(=O)O)CCC1)C1=NN(c2ccccc2)C(=O)CC1. The van der Waals surface area contributed by atoms with Crippen LogP contribution in [0.3, 0.4) is 0 Å². The smallest absolute Gasteiger partial charge is 0.329 e. The fourth-order valence-electron chi connectivity index (χ4n) is 2.70. The van der Waals surface area contributed by atoms with Crippen molar-refractivity contribution in [1.29, 1.82) is 0 Å². The summed E-state index contributed by atoms with van der Waals surface area (Å²) >= 11 is 0. The van der Waals surface area contributed by atoms with E-state index in [2.05, 4.69) is 10.4 Å². The Morgan fingerprint density at radius 3 is 2.43 bits per heavy atom. The van der Waals surface area contributed by atoms with Crippen molar-refractivity contribution in [2.45, 2.75) is 37.6 Å². The molecule has 0 spiro atoms. The van der Waals surface area contributed by atoms with Gasteiger partial charge in [-0.05, 0) is 31.4 Å². The second kappa shape index (κ2) is 5.83. The summed E-state index contributed by atoms with van der Waals surface area (Å²) < 4.78 is 0. The molecule has 7 heteroatoms. The fraction of sp³-hybridized carbons (Fsp3) is 0.375. The number of para-hydroxylation sites is 1. The van der Waals surface area contributed by atoms with Crippen LogP contribution in [0.15, 0.2) is 35.4 Å². The number of carbonyl (C=O) groups is 3. The quantitative estimate of drug-likeness (QED) is 0.874. The molecule has 1 aromatic rings. The number of hydrazone groups is 1. The monoisotopic (exact) mass is 315 g/mol. The standard InChI is InChI=1S/C16H17N3O4/c20-13-8-7-12(18-19(13)11-5-2-1-3-6-11)14(21)17-16(15(22)23)9-4-10-16/h1-3,5-6H,4,7-10H2,(H,17,21)(H,22,23). The maximum absolute atomic E-state index is 12.4. The predicted molar refractivity (Wildman–Crippen MR) is 83.0 cm³/mol. The number of carboxylic acids is 1. The summed E-state index contributed by atoms with van der Waals surface area (Å²) in [5.41, 5.74) is -0.418. The molecule has 1 fully saturated rings. The van der Waals surface area contributed by atoms with Crippen molar-refractivity contribution in [2.24, 2.45) is 5.10 Å². The van der Waals surface area contributed by atoms with Gasteiger partial charge >= 0.3 is 5.97 Å². The third kappa shape index (κ3) is 2.81. The Bertz CT molecular complexity index is 680. The van der Waals surface area contributed by atoms with E-state index in [4.69, 9.17) is 0 Å². The highest BCUT2D eigenvalue weighted by atomic mass is 16.4. The third-order valence-electron chi connectivity index (χ3n) is 4.26. The molecular formula is C16H17N3O4. The van der Waals surface area contributed by atoms with Gasteiger partial charge in [0.05, 0.1) is 5.69 Å². The Morgan fingerprint density at radius 2 is 1.87 bits per heavy atom. The fourth-order valence-corrected chi connectivity index (χ4v) is 2.70. The van der Waals surface area contributed by atoms with Gasteiger partial charge in [0.1, 0.15) is 11.3 Å². The van der Waals surface area contributed by atoms with Crippen molar-refractivity contribution in [3.8, 4) is 0 Å². The van der Waals surface area contributed by atoms with Crippen LogP contribution in [-0.4, -0.2) is 34.1 Å². The van der Waals surface area contributed by atoms with E-state index in [1.807, 2.05) is 6.07 Å². The maximum Gasteiger partial charge on any atom is 0.329 e. The summed E-state index contributed by atoms with van der Waals surface area (Å²) in [7, 11) is 0. The molecule has 0 saturated heterocycles. The lowest BCUT2D eigenvalue weighted by atomic mass is 9.76. The Morgan fingerprint density at radius 1 is 1.17 bits per heavy atom. The number of benzene rings is 1. The van der Waals surface area contributed by atoms with Crippen LogP contribution in [0.25, 0.3) is 0 Å². The Labute approximate surface area is 133 Å². The number of carboxylic acid groups (broad SMARTS) is 1. The van der Waals surface area contributed by atoms with Crippen molar-refractivity contribution in [3.05, 3.63) is 30.3 Å². The average Bonchev–Trinajstić information content (AvgIpc) is 2.51. The van der Waals surface area contributed by atoms with Crippen LogP contribution >= 0.6 is 0 Å². The normalized spacial score (nSPS) is 19.6. The van der Waals surface area contributed by atoms with Gasteiger partial charge in [-0.25, -0.2) is 9.80 Å². The molecule has 1 saturated carbocycles. The third-order valence-corrected chi connectivity index (χ3v) is 4.26. The van der Waals surface area contributed by atoms with Crippen LogP contribution in [0.5, 0.6) is 0 Å². The Hall–Kier alpha value is -2.70. The first kappa shape index (κ1) is 15.2. The minimum absolute atomic E-state index is 0.168. The van der Waals surface area contributed by atoms with Crippen LogP contribution in [0.2, 0.25) is 0 Å². The van der Waals surface area contributed by atoms with E-state index in [1.54, 1.807) is 24.3 Å². The van der Waals surface area contributed by atoms with Crippen LogP contribution in [-0.2, 0) is 14.4 Å². The number of amides is 2. The van der Waals surface area contributed by atoms with Crippen molar-refractivity contribution >= 4 is 29.2 Å². The molecule has 1 aliphatic heterocycles. The number of nitrogens with zero attached hydrogens (tertiary/aromatic N) is 2. The van der Waals surface area contributed by atoms with Gasteiger partial charge in [-0.1, -0.05) is 18.2 Å². The van der Waals surface area contributed by atoms with Gasteiger partial charge in [-0.15, -0.1) is 0 Å². The van der Waals surface area contributed by atoms with E-state index in [0.29, 0.717) is 18.5 Å². The molecule has 0 bridgehead atoms. The molecule has 7 nitrogen and oxygen atoms in total. The summed E-state index contributed by atoms with van der Waals surface area (Å²) in [6.07, 6.45) is 1.99. The molecule has 0 aromatic heterocycles. The number of aliphatic carboxylic acids is 1. The molecule has 23 heavy (non-hydrogen) atoms. The molecule has 1 heterocycles. The van der Waals surface area contributed by atoms with E-state index in [1.165, 1.54) is 5.01 Å². The summed E-state index contributed by atoms with van der Waals surface area (Å²) in [4.78, 5) is 35.7. The second-order valence-electron chi connectivity index (χ2n) is 5.78. The Kier molecular flexibility index (Phi) is 3.85. The molecule has 0 atom stereocenters. The molecule has 0 radical (unpaired) electrons. The number of nitrogens with one attached hydrogen (secondary N) is 1. The predicted octanol–water partition coefficient (Wildman–Crippen LogP) is 1.29. The van der Waals surface area contributed by atoms with Gasteiger partial charge in [0.2, 0.25) is 5.91 Å². The number of hydrogen-bond donors (Lipinski definition) is 2. The molecular weight excluding hydrogens is 298 g/mol. The minimum atomic E-state index is -1.18. The topological polar surface area (TPSA) is 99.1 Å². The zero-order valence-electron chi connectivity index (χ0n) is 12.5. The molecule has 1 aliphatic carbocycles. The van der Waals surface area contributed by atoms with Gasteiger partial charge in [-0.2, -0.15) is 5.10 Å². The van der Waals surface area contributed by atoms with Crippen LogP contribution in [0.4, 0.5) is 5.69 Å². The van der Waals surface area contributed by atoms with Gasteiger partial charge in [0.25, 0.3) is 5.91 Å². The second-order valence-corrected chi connectivity index (χ2v) is 5.78. The first-order valence-electron chi connectivity index (χ1n) is 7.53. The summed E-state index contributed by atoms with van der Waals surface area (Å²) in [5, 5.41) is 17.2. The highest BCUT2D eigenvalue weighted by Crippen LogP contribution is 2.32. The number of rotatable bonds is 4. The van der Waals surface area contributed by atoms with Crippen molar-refractivity contribution in [1.82, 2.24) is 5.32 Å². The lowest BCUT2D eigenvalue weighted by molar-refractivity contribution is -0.150. The first-order valence-corrected chi connectivity index (χ1v) is 7.53. The molecule has 2 amide bonds. The van der Waals surface area contributed by atoms with E-state index in [9.17, 15) is 19.5 Å². The number of anilines is 1. The van der Waals surface area contributed by atoms with Crippen LogP contribution < -0.4 is 10.3 Å². The van der Waals surface area contributed by atoms with E-state index in [0.717, 1.165) is 6.42 Å². The van der Waals surface area contributed by atoms with Crippen LogP contribution in [0.1, 0.15) is 32.1 Å². The summed E-state index contributed by atoms with van der Waals surface area (Å²) in [6, 6.07) is 8.84. The summed E-state index contributed by atoms with van der Waals surface area (Å²) in [5.74, 6) is -1.73. The summed E-state index contributed by atoms with van der Waals surface area (Å²) in [6.45, 7) is 0. The van der Waals surface area contributed by atoms with E-state index in [-0.39, 0.29) is 24.5 Å². The lowest BCUT2D eigenvalue weighted by Gasteiger charge is -2.38. The van der Waals surface area contributed by atoms with Gasteiger partial charge < -0.3 is 10.4 Å². The lowest BCUT2D eigenvalue weighted by Crippen LogP contribution is -2.60. The first-order chi connectivity index (χ1) is 11.0. The zero-order chi connectivity index (χ0) is 16.4. The highest BCUT2D eigenvalue weighted by molar-refractivity contribution is 6.40. The molecule has 2 aliphatic rings. The van der Waals surface area contributed by atoms with Gasteiger partial charge in [0, 0.05) is 12.8 Å².